The highest BCUT2D eigenvalue weighted by atomic mass is 32.1. The summed E-state index contributed by atoms with van der Waals surface area (Å²) in [7, 11) is 1.99. The fourth-order valence-electron chi connectivity index (χ4n) is 3.11. The lowest BCUT2D eigenvalue weighted by atomic mass is 9.88. The molecule has 0 spiro atoms. The summed E-state index contributed by atoms with van der Waals surface area (Å²) in [5, 5.41) is 5.28. The number of hydrogen-bond acceptors (Lipinski definition) is 3. The van der Waals surface area contributed by atoms with Crippen molar-refractivity contribution in [3.05, 3.63) is 57.8 Å². The van der Waals surface area contributed by atoms with Crippen LogP contribution in [0.15, 0.2) is 41.8 Å². The highest BCUT2D eigenvalue weighted by Crippen LogP contribution is 2.29. The molecule has 3 nitrogen and oxygen atoms in total. The lowest BCUT2D eigenvalue weighted by molar-refractivity contribution is -0.122. The van der Waals surface area contributed by atoms with Crippen LogP contribution in [0, 0.1) is 0 Å². The summed E-state index contributed by atoms with van der Waals surface area (Å²) in [6.45, 7) is 1.27. The Hall–Kier alpha value is -1.65. The Morgan fingerprint density at radius 1 is 1.32 bits per heavy atom. The standard InChI is InChI=1S/C18H22N2OS/c1-20(12-15-8-5-11-22-15)13-18(21)19-17-10-4-7-14-6-2-3-9-16(14)17/h2-3,5-6,8-9,11,17H,4,7,10,12-13H2,1H3,(H,19,21)/t17-/m0/s1. The lowest BCUT2D eigenvalue weighted by Crippen LogP contribution is -2.38. The van der Waals surface area contributed by atoms with E-state index in [9.17, 15) is 4.79 Å². The van der Waals surface area contributed by atoms with Crippen LogP contribution < -0.4 is 5.32 Å². The first kappa shape index (κ1) is 15.3. The van der Waals surface area contributed by atoms with Gasteiger partial charge >= 0.3 is 0 Å². The minimum absolute atomic E-state index is 0.112. The summed E-state index contributed by atoms with van der Waals surface area (Å²) in [5.74, 6) is 0.112. The number of benzene rings is 1. The molecular formula is C18H22N2OS. The van der Waals surface area contributed by atoms with Crippen LogP contribution in [0.3, 0.4) is 0 Å². The minimum atomic E-state index is 0.112. The number of hydrogen-bond donors (Lipinski definition) is 1. The monoisotopic (exact) mass is 314 g/mol. The number of aryl methyl sites for hydroxylation is 1. The molecule has 2 aromatic rings. The third kappa shape index (κ3) is 3.76. The molecule has 116 valence electrons. The highest BCUT2D eigenvalue weighted by Gasteiger charge is 2.21. The molecule has 0 fully saturated rings. The molecule has 0 bridgehead atoms. The SMILES string of the molecule is CN(CC(=O)N[C@H]1CCCc2ccccc21)Cc1cccs1. The van der Waals surface area contributed by atoms with E-state index in [0.29, 0.717) is 6.54 Å². The van der Waals surface area contributed by atoms with E-state index in [1.165, 1.54) is 16.0 Å². The van der Waals surface area contributed by atoms with E-state index in [2.05, 4.69) is 45.9 Å². The van der Waals surface area contributed by atoms with E-state index in [1.807, 2.05) is 13.1 Å². The van der Waals surface area contributed by atoms with Gasteiger partial charge in [0.05, 0.1) is 12.6 Å². The van der Waals surface area contributed by atoms with Crippen molar-refractivity contribution in [1.82, 2.24) is 10.2 Å². The predicted octanol–water partition coefficient (Wildman–Crippen LogP) is 3.37. The molecule has 1 aliphatic rings. The van der Waals surface area contributed by atoms with Gasteiger partial charge in [0.1, 0.15) is 0 Å². The van der Waals surface area contributed by atoms with Gasteiger partial charge in [0.2, 0.25) is 5.91 Å². The van der Waals surface area contributed by atoms with Gasteiger partial charge in [-0.3, -0.25) is 9.69 Å². The maximum atomic E-state index is 12.3. The van der Waals surface area contributed by atoms with Crippen LogP contribution in [0.2, 0.25) is 0 Å². The van der Waals surface area contributed by atoms with Gasteiger partial charge in [0.25, 0.3) is 0 Å². The normalized spacial score (nSPS) is 17.3. The number of carbonyl (C=O) groups is 1. The first-order chi connectivity index (χ1) is 10.7. The molecule has 0 saturated heterocycles. The van der Waals surface area contributed by atoms with Crippen molar-refractivity contribution >= 4 is 17.2 Å². The van der Waals surface area contributed by atoms with Crippen molar-refractivity contribution in [3.63, 3.8) is 0 Å². The Bertz CT molecular complexity index is 624. The Kier molecular flexibility index (Phi) is 4.90. The molecule has 22 heavy (non-hydrogen) atoms. The van der Waals surface area contributed by atoms with Crippen molar-refractivity contribution < 1.29 is 4.79 Å². The van der Waals surface area contributed by atoms with Gasteiger partial charge in [0.15, 0.2) is 0 Å². The molecule has 0 saturated carbocycles. The molecule has 1 amide bonds. The first-order valence-corrected chi connectivity index (χ1v) is 8.68. The van der Waals surface area contributed by atoms with Gasteiger partial charge in [0, 0.05) is 11.4 Å². The summed E-state index contributed by atoms with van der Waals surface area (Å²) in [6, 6.07) is 12.8. The second kappa shape index (κ2) is 7.07. The molecule has 1 heterocycles. The number of amides is 1. The smallest absolute Gasteiger partial charge is 0.234 e. The summed E-state index contributed by atoms with van der Waals surface area (Å²) >= 11 is 1.73. The Morgan fingerprint density at radius 2 is 2.18 bits per heavy atom. The number of thiophene rings is 1. The van der Waals surface area contributed by atoms with E-state index in [1.54, 1.807) is 11.3 Å². The number of nitrogens with one attached hydrogen (secondary N) is 1. The Morgan fingerprint density at radius 3 is 3.00 bits per heavy atom. The van der Waals surface area contributed by atoms with Gasteiger partial charge in [-0.05, 0) is 48.9 Å². The van der Waals surface area contributed by atoms with Crippen LogP contribution >= 0.6 is 11.3 Å². The van der Waals surface area contributed by atoms with E-state index < -0.39 is 0 Å². The fraction of sp³-hybridized carbons (Fsp3) is 0.389. The molecule has 1 aromatic carbocycles. The largest absolute Gasteiger partial charge is 0.348 e. The zero-order chi connectivity index (χ0) is 15.4. The second-order valence-electron chi connectivity index (χ2n) is 5.96. The Balaban J connectivity index is 1.56. The first-order valence-electron chi connectivity index (χ1n) is 7.80. The maximum Gasteiger partial charge on any atom is 0.234 e. The van der Waals surface area contributed by atoms with E-state index in [0.717, 1.165) is 25.8 Å². The quantitative estimate of drug-likeness (QED) is 0.917. The van der Waals surface area contributed by atoms with E-state index in [-0.39, 0.29) is 11.9 Å². The topological polar surface area (TPSA) is 32.3 Å². The summed E-state index contributed by atoms with van der Waals surface area (Å²) in [4.78, 5) is 15.7. The predicted molar refractivity (Wildman–Crippen MR) is 90.9 cm³/mol. The van der Waals surface area contributed by atoms with Gasteiger partial charge in [-0.2, -0.15) is 0 Å². The van der Waals surface area contributed by atoms with Crippen LogP contribution in [0.1, 0.15) is 34.9 Å². The number of rotatable bonds is 5. The molecule has 1 aromatic heterocycles. The lowest BCUT2D eigenvalue weighted by Gasteiger charge is -2.27. The van der Waals surface area contributed by atoms with Crippen LogP contribution in [0.25, 0.3) is 0 Å². The van der Waals surface area contributed by atoms with Crippen LogP contribution in [0.5, 0.6) is 0 Å². The van der Waals surface area contributed by atoms with Gasteiger partial charge in [-0.1, -0.05) is 30.3 Å². The minimum Gasteiger partial charge on any atom is -0.348 e. The second-order valence-corrected chi connectivity index (χ2v) is 7.00. The van der Waals surface area contributed by atoms with Crippen molar-refractivity contribution in [2.24, 2.45) is 0 Å². The van der Waals surface area contributed by atoms with Crippen LogP contribution in [-0.4, -0.2) is 24.4 Å². The van der Waals surface area contributed by atoms with Crippen molar-refractivity contribution in [2.45, 2.75) is 31.8 Å². The molecule has 0 unspecified atom stereocenters. The highest BCUT2D eigenvalue weighted by molar-refractivity contribution is 7.09. The molecule has 3 rings (SSSR count). The van der Waals surface area contributed by atoms with E-state index in [4.69, 9.17) is 0 Å². The van der Waals surface area contributed by atoms with Crippen molar-refractivity contribution in [2.75, 3.05) is 13.6 Å². The molecule has 1 aliphatic carbocycles. The van der Waals surface area contributed by atoms with Gasteiger partial charge in [-0.15, -0.1) is 11.3 Å². The fourth-order valence-corrected chi connectivity index (χ4v) is 3.90. The molecule has 0 aliphatic heterocycles. The van der Waals surface area contributed by atoms with Crippen molar-refractivity contribution in [1.29, 1.82) is 0 Å². The zero-order valence-corrected chi connectivity index (χ0v) is 13.7. The molecule has 1 N–H and O–H groups in total. The third-order valence-electron chi connectivity index (χ3n) is 4.12. The number of fused-ring (bicyclic) bond motifs is 1. The molecule has 4 heteroatoms. The molecular weight excluding hydrogens is 292 g/mol. The van der Waals surface area contributed by atoms with Crippen LogP contribution in [-0.2, 0) is 17.8 Å². The third-order valence-corrected chi connectivity index (χ3v) is 4.99. The van der Waals surface area contributed by atoms with Gasteiger partial charge in [-0.25, -0.2) is 0 Å². The van der Waals surface area contributed by atoms with Gasteiger partial charge < -0.3 is 5.32 Å². The zero-order valence-electron chi connectivity index (χ0n) is 12.9. The average Bonchev–Trinajstić information content (AvgIpc) is 3.00. The number of nitrogens with zero attached hydrogens (tertiary/aromatic N) is 1. The average molecular weight is 314 g/mol. The maximum absolute atomic E-state index is 12.3. The molecule has 1 atom stereocenters. The summed E-state index contributed by atoms with van der Waals surface area (Å²) < 4.78 is 0. The van der Waals surface area contributed by atoms with Crippen LogP contribution in [0.4, 0.5) is 0 Å². The van der Waals surface area contributed by atoms with Crippen molar-refractivity contribution in [3.8, 4) is 0 Å². The summed E-state index contributed by atoms with van der Waals surface area (Å²) in [6.07, 6.45) is 3.31. The number of likely N-dealkylation sites (N-methyl/N-ethyl adjacent to an activating group) is 1. The molecule has 0 radical (unpaired) electrons. The Labute approximate surface area is 136 Å². The number of carbonyl (C=O) groups excluding carboxylic acids is 1. The van der Waals surface area contributed by atoms with E-state index >= 15 is 0 Å². The summed E-state index contributed by atoms with van der Waals surface area (Å²) in [5.41, 5.74) is 2.68.